The van der Waals surface area contributed by atoms with Gasteiger partial charge in [0.15, 0.2) is 0 Å². The maximum atomic E-state index is 11.8. The summed E-state index contributed by atoms with van der Waals surface area (Å²) in [5.41, 5.74) is 0.488. The molecule has 3 nitrogen and oxygen atoms in total. The predicted octanol–water partition coefficient (Wildman–Crippen LogP) is 2.43. The fraction of sp³-hybridized carbons (Fsp3) is 0.333. The van der Waals surface area contributed by atoms with E-state index >= 15 is 0 Å². The molecule has 0 bridgehead atoms. The molecule has 3 heteroatoms. The Labute approximate surface area is 108 Å². The Hall–Kier alpha value is -1.90. The molecule has 0 fully saturated rings. The lowest BCUT2D eigenvalue weighted by Gasteiger charge is -2.28. The van der Waals surface area contributed by atoms with Gasteiger partial charge in [-0.2, -0.15) is 0 Å². The van der Waals surface area contributed by atoms with Gasteiger partial charge in [-0.15, -0.1) is 0 Å². The quantitative estimate of drug-likeness (QED) is 0.570. The van der Waals surface area contributed by atoms with Crippen LogP contribution in [0.25, 0.3) is 0 Å². The van der Waals surface area contributed by atoms with Crippen molar-refractivity contribution in [3.8, 4) is 0 Å². The van der Waals surface area contributed by atoms with Gasteiger partial charge in [0.25, 0.3) is 0 Å². The van der Waals surface area contributed by atoms with Crippen molar-refractivity contribution in [3.05, 3.63) is 48.6 Å². The molecule has 0 aliphatic rings. The molecular weight excluding hydrogens is 226 g/mol. The minimum atomic E-state index is -0.548. The van der Waals surface area contributed by atoms with E-state index in [2.05, 4.69) is 6.58 Å². The van der Waals surface area contributed by atoms with Crippen LogP contribution in [0.5, 0.6) is 0 Å². The van der Waals surface area contributed by atoms with Crippen molar-refractivity contribution < 1.29 is 9.59 Å². The van der Waals surface area contributed by atoms with Crippen molar-refractivity contribution >= 4 is 12.2 Å². The third-order valence-corrected chi connectivity index (χ3v) is 2.62. The van der Waals surface area contributed by atoms with Gasteiger partial charge in [-0.25, -0.2) is 0 Å². The van der Waals surface area contributed by atoms with E-state index in [0.717, 1.165) is 11.8 Å². The van der Waals surface area contributed by atoms with Crippen LogP contribution in [-0.2, 0) is 16.1 Å². The molecule has 0 aliphatic heterocycles. The number of hydrogen-bond donors (Lipinski definition) is 0. The zero-order valence-electron chi connectivity index (χ0n) is 10.9. The number of benzene rings is 1. The first-order valence-electron chi connectivity index (χ1n) is 5.90. The molecule has 1 aromatic rings. The molecule has 0 saturated carbocycles. The Bertz CT molecular complexity index is 423. The van der Waals surface area contributed by atoms with Crippen molar-refractivity contribution in [1.82, 2.24) is 4.90 Å². The Balaban J connectivity index is 2.83. The van der Waals surface area contributed by atoms with Gasteiger partial charge in [0.05, 0.1) is 0 Å². The van der Waals surface area contributed by atoms with Crippen LogP contribution < -0.4 is 0 Å². The van der Waals surface area contributed by atoms with Gasteiger partial charge in [0, 0.05) is 18.5 Å². The third kappa shape index (κ3) is 4.17. The standard InChI is InChI=1S/C15H19NO2/c1-4-14(18)16(11-15(2,3)12-17)10-13-8-6-5-7-9-13/h4-9,12H,1,10-11H2,2-3H3. The molecule has 0 unspecified atom stereocenters. The summed E-state index contributed by atoms with van der Waals surface area (Å²) in [6.07, 6.45) is 2.16. The van der Waals surface area contributed by atoms with Crippen molar-refractivity contribution in [2.75, 3.05) is 6.54 Å². The second-order valence-electron chi connectivity index (χ2n) is 4.99. The number of carbonyl (C=O) groups is 2. The number of nitrogens with zero attached hydrogens (tertiary/aromatic N) is 1. The van der Waals surface area contributed by atoms with Gasteiger partial charge in [-0.05, 0) is 11.6 Å². The van der Waals surface area contributed by atoms with E-state index in [1.165, 1.54) is 6.08 Å². The van der Waals surface area contributed by atoms with Crippen molar-refractivity contribution in [3.63, 3.8) is 0 Å². The number of rotatable bonds is 6. The van der Waals surface area contributed by atoms with Crippen molar-refractivity contribution in [1.29, 1.82) is 0 Å². The topological polar surface area (TPSA) is 37.4 Å². The van der Waals surface area contributed by atoms with Crippen LogP contribution in [0.3, 0.4) is 0 Å². The van der Waals surface area contributed by atoms with Crippen LogP contribution in [0, 0.1) is 5.41 Å². The molecule has 0 aromatic heterocycles. The average molecular weight is 245 g/mol. The third-order valence-electron chi connectivity index (χ3n) is 2.62. The number of aldehydes is 1. The summed E-state index contributed by atoms with van der Waals surface area (Å²) in [4.78, 5) is 24.4. The number of amides is 1. The van der Waals surface area contributed by atoms with E-state index in [4.69, 9.17) is 0 Å². The van der Waals surface area contributed by atoms with Gasteiger partial charge < -0.3 is 9.69 Å². The second kappa shape index (κ2) is 6.15. The lowest BCUT2D eigenvalue weighted by molar-refractivity contribution is -0.129. The van der Waals surface area contributed by atoms with Gasteiger partial charge in [-0.3, -0.25) is 4.79 Å². The lowest BCUT2D eigenvalue weighted by Crippen LogP contribution is -2.38. The minimum Gasteiger partial charge on any atom is -0.334 e. The molecule has 0 saturated heterocycles. The summed E-state index contributed by atoms with van der Waals surface area (Å²) in [6.45, 7) is 8.00. The zero-order valence-corrected chi connectivity index (χ0v) is 10.9. The van der Waals surface area contributed by atoms with Gasteiger partial charge >= 0.3 is 0 Å². The van der Waals surface area contributed by atoms with Gasteiger partial charge in [0.2, 0.25) is 5.91 Å². The molecule has 0 spiro atoms. The smallest absolute Gasteiger partial charge is 0.246 e. The lowest BCUT2D eigenvalue weighted by atomic mass is 9.95. The molecule has 0 radical (unpaired) electrons. The Kier molecular flexibility index (Phi) is 4.84. The second-order valence-corrected chi connectivity index (χ2v) is 4.99. The molecule has 1 amide bonds. The Morgan fingerprint density at radius 1 is 1.33 bits per heavy atom. The molecule has 1 aromatic carbocycles. The highest BCUT2D eigenvalue weighted by Crippen LogP contribution is 2.16. The molecule has 1 rings (SSSR count). The summed E-state index contributed by atoms with van der Waals surface area (Å²) >= 11 is 0. The minimum absolute atomic E-state index is 0.159. The summed E-state index contributed by atoms with van der Waals surface area (Å²) in [5.74, 6) is -0.159. The van der Waals surface area contributed by atoms with Crippen LogP contribution in [0.15, 0.2) is 43.0 Å². The normalized spacial score (nSPS) is 10.8. The van der Waals surface area contributed by atoms with E-state index in [1.54, 1.807) is 4.90 Å². The highest BCUT2D eigenvalue weighted by Gasteiger charge is 2.23. The summed E-state index contributed by atoms with van der Waals surface area (Å²) in [6, 6.07) is 9.70. The largest absolute Gasteiger partial charge is 0.334 e. The van der Waals surface area contributed by atoms with E-state index in [9.17, 15) is 9.59 Å². The monoisotopic (exact) mass is 245 g/mol. The first-order chi connectivity index (χ1) is 8.48. The highest BCUT2D eigenvalue weighted by atomic mass is 16.2. The first-order valence-corrected chi connectivity index (χ1v) is 5.90. The van der Waals surface area contributed by atoms with Crippen LogP contribution >= 0.6 is 0 Å². The van der Waals surface area contributed by atoms with E-state index < -0.39 is 5.41 Å². The Morgan fingerprint density at radius 3 is 2.44 bits per heavy atom. The molecule has 0 aliphatic carbocycles. The van der Waals surface area contributed by atoms with Crippen LogP contribution in [0.2, 0.25) is 0 Å². The van der Waals surface area contributed by atoms with Crippen LogP contribution in [-0.4, -0.2) is 23.6 Å². The van der Waals surface area contributed by atoms with E-state index in [1.807, 2.05) is 44.2 Å². The van der Waals surface area contributed by atoms with Gasteiger partial charge in [0.1, 0.15) is 6.29 Å². The average Bonchev–Trinajstić information content (AvgIpc) is 2.38. The fourth-order valence-electron chi connectivity index (χ4n) is 1.67. The van der Waals surface area contributed by atoms with Crippen molar-refractivity contribution in [2.45, 2.75) is 20.4 Å². The molecule has 0 atom stereocenters. The maximum Gasteiger partial charge on any atom is 0.246 e. The van der Waals surface area contributed by atoms with Crippen molar-refractivity contribution in [2.24, 2.45) is 5.41 Å². The molecule has 0 heterocycles. The van der Waals surface area contributed by atoms with Crippen LogP contribution in [0.4, 0.5) is 0 Å². The SMILES string of the molecule is C=CC(=O)N(Cc1ccccc1)CC(C)(C)C=O. The number of carbonyl (C=O) groups excluding carboxylic acids is 2. The summed E-state index contributed by atoms with van der Waals surface area (Å²) < 4.78 is 0. The van der Waals surface area contributed by atoms with E-state index in [0.29, 0.717) is 13.1 Å². The first kappa shape index (κ1) is 14.2. The summed E-state index contributed by atoms with van der Waals surface area (Å²) in [7, 11) is 0. The fourth-order valence-corrected chi connectivity index (χ4v) is 1.67. The zero-order chi connectivity index (χ0) is 13.6. The highest BCUT2D eigenvalue weighted by molar-refractivity contribution is 5.87. The molecule has 18 heavy (non-hydrogen) atoms. The Morgan fingerprint density at radius 2 is 1.94 bits per heavy atom. The van der Waals surface area contributed by atoms with Gasteiger partial charge in [-0.1, -0.05) is 50.8 Å². The molecular formula is C15H19NO2. The molecule has 96 valence electrons. The molecule has 0 N–H and O–H groups in total. The van der Waals surface area contributed by atoms with Crippen LogP contribution in [0.1, 0.15) is 19.4 Å². The predicted molar refractivity (Wildman–Crippen MR) is 71.9 cm³/mol. The summed E-state index contributed by atoms with van der Waals surface area (Å²) in [5, 5.41) is 0. The number of hydrogen-bond acceptors (Lipinski definition) is 2. The van der Waals surface area contributed by atoms with E-state index in [-0.39, 0.29) is 5.91 Å². The maximum absolute atomic E-state index is 11.8.